The molecule has 0 radical (unpaired) electrons. The molecule has 0 aliphatic heterocycles. The Morgan fingerprint density at radius 1 is 0.812 bits per heavy atom. The van der Waals surface area contributed by atoms with Crippen molar-refractivity contribution in [3.05, 3.63) is 107 Å². The maximum Gasteiger partial charge on any atom is 0.243 e. The molecule has 0 bridgehead atoms. The van der Waals surface area contributed by atoms with Gasteiger partial charge < -0.3 is 10.2 Å². The molecule has 32 heavy (non-hydrogen) atoms. The highest BCUT2D eigenvalue weighted by atomic mass is 19.1. The molecule has 0 fully saturated rings. The number of nitrogens with one attached hydrogen (secondary N) is 1. The van der Waals surface area contributed by atoms with Gasteiger partial charge in [-0.05, 0) is 28.8 Å². The van der Waals surface area contributed by atoms with Gasteiger partial charge in [0, 0.05) is 25.4 Å². The zero-order chi connectivity index (χ0) is 22.9. The molecule has 5 heteroatoms. The van der Waals surface area contributed by atoms with E-state index in [1.165, 1.54) is 12.1 Å². The van der Waals surface area contributed by atoms with Gasteiger partial charge in [0.25, 0.3) is 0 Å². The summed E-state index contributed by atoms with van der Waals surface area (Å²) in [6.07, 6.45) is 0.390. The van der Waals surface area contributed by atoms with Crippen molar-refractivity contribution in [2.24, 2.45) is 5.92 Å². The summed E-state index contributed by atoms with van der Waals surface area (Å²) < 4.78 is 13.4. The van der Waals surface area contributed by atoms with E-state index in [2.05, 4.69) is 5.32 Å². The average Bonchev–Trinajstić information content (AvgIpc) is 2.81. The van der Waals surface area contributed by atoms with Crippen LogP contribution in [0.1, 0.15) is 30.5 Å². The van der Waals surface area contributed by atoms with Crippen LogP contribution in [0.4, 0.5) is 4.39 Å². The number of hydrogen-bond acceptors (Lipinski definition) is 2. The van der Waals surface area contributed by atoms with Crippen molar-refractivity contribution >= 4 is 11.8 Å². The van der Waals surface area contributed by atoms with E-state index < -0.39 is 6.04 Å². The van der Waals surface area contributed by atoms with Crippen LogP contribution in [0.2, 0.25) is 0 Å². The first-order valence-electron chi connectivity index (χ1n) is 10.8. The van der Waals surface area contributed by atoms with E-state index in [4.69, 9.17) is 0 Å². The lowest BCUT2D eigenvalue weighted by Gasteiger charge is -2.33. The van der Waals surface area contributed by atoms with E-state index in [1.807, 2.05) is 74.5 Å². The monoisotopic (exact) mass is 432 g/mol. The molecule has 0 aliphatic carbocycles. The molecule has 3 rings (SSSR count). The highest BCUT2D eigenvalue weighted by Gasteiger charge is 2.31. The molecule has 3 aromatic rings. The third-order valence-corrected chi connectivity index (χ3v) is 5.30. The number of carbonyl (C=O) groups excluding carboxylic acids is 2. The summed E-state index contributed by atoms with van der Waals surface area (Å²) >= 11 is 0. The van der Waals surface area contributed by atoms with Crippen LogP contribution in [0, 0.1) is 11.7 Å². The lowest BCUT2D eigenvalue weighted by molar-refractivity contribution is -0.143. The Morgan fingerprint density at radius 2 is 1.38 bits per heavy atom. The SMILES string of the molecule is CC(C)C(=O)N(Cc1ccc(F)cc1)[C@@H](Cc1ccccc1)C(=O)NCc1ccccc1. The topological polar surface area (TPSA) is 49.4 Å². The van der Waals surface area contributed by atoms with E-state index in [0.29, 0.717) is 13.0 Å². The van der Waals surface area contributed by atoms with Gasteiger partial charge in [-0.3, -0.25) is 9.59 Å². The minimum Gasteiger partial charge on any atom is -0.350 e. The van der Waals surface area contributed by atoms with Gasteiger partial charge in [0.2, 0.25) is 11.8 Å². The molecular weight excluding hydrogens is 403 g/mol. The van der Waals surface area contributed by atoms with Crippen molar-refractivity contribution < 1.29 is 14.0 Å². The summed E-state index contributed by atoms with van der Waals surface area (Å²) in [5.41, 5.74) is 2.72. The van der Waals surface area contributed by atoms with Gasteiger partial charge in [-0.2, -0.15) is 0 Å². The number of amides is 2. The molecule has 0 heterocycles. The Kier molecular flexibility index (Phi) is 8.14. The van der Waals surface area contributed by atoms with Gasteiger partial charge in [0.15, 0.2) is 0 Å². The molecule has 1 atom stereocenters. The van der Waals surface area contributed by atoms with Crippen LogP contribution in [0.15, 0.2) is 84.9 Å². The van der Waals surface area contributed by atoms with E-state index in [0.717, 1.165) is 16.7 Å². The predicted octanol–water partition coefficient (Wildman–Crippen LogP) is 4.74. The van der Waals surface area contributed by atoms with Gasteiger partial charge >= 0.3 is 0 Å². The van der Waals surface area contributed by atoms with Crippen LogP contribution >= 0.6 is 0 Å². The predicted molar refractivity (Wildman–Crippen MR) is 124 cm³/mol. The lowest BCUT2D eigenvalue weighted by Crippen LogP contribution is -2.51. The first-order valence-corrected chi connectivity index (χ1v) is 10.8. The fourth-order valence-corrected chi connectivity index (χ4v) is 3.54. The molecule has 0 aromatic heterocycles. The lowest BCUT2D eigenvalue weighted by atomic mass is 10.0. The summed E-state index contributed by atoms with van der Waals surface area (Å²) in [6.45, 7) is 4.25. The Balaban J connectivity index is 1.89. The number of benzene rings is 3. The van der Waals surface area contributed by atoms with Crippen molar-refractivity contribution in [1.82, 2.24) is 10.2 Å². The molecule has 0 unspecified atom stereocenters. The van der Waals surface area contributed by atoms with Crippen molar-refractivity contribution in [3.63, 3.8) is 0 Å². The number of halogens is 1. The first kappa shape index (κ1) is 23.2. The minimum absolute atomic E-state index is 0.120. The molecule has 0 saturated heterocycles. The van der Waals surface area contributed by atoms with E-state index in [9.17, 15) is 14.0 Å². The van der Waals surface area contributed by atoms with Crippen molar-refractivity contribution in [1.29, 1.82) is 0 Å². The van der Waals surface area contributed by atoms with E-state index in [-0.39, 0.29) is 30.1 Å². The van der Waals surface area contributed by atoms with Gasteiger partial charge in [0.05, 0.1) is 0 Å². The quantitative estimate of drug-likeness (QED) is 0.531. The third kappa shape index (κ3) is 6.51. The second-order valence-electron chi connectivity index (χ2n) is 8.16. The highest BCUT2D eigenvalue weighted by molar-refractivity contribution is 5.88. The Morgan fingerprint density at radius 3 is 1.94 bits per heavy atom. The van der Waals surface area contributed by atoms with Crippen LogP contribution < -0.4 is 5.32 Å². The van der Waals surface area contributed by atoms with Crippen molar-refractivity contribution in [2.75, 3.05) is 0 Å². The average molecular weight is 433 g/mol. The zero-order valence-electron chi connectivity index (χ0n) is 18.5. The van der Waals surface area contributed by atoms with E-state index >= 15 is 0 Å². The number of nitrogens with zero attached hydrogens (tertiary/aromatic N) is 1. The fraction of sp³-hybridized carbons (Fsp3) is 0.259. The van der Waals surface area contributed by atoms with Gasteiger partial charge in [0.1, 0.15) is 11.9 Å². The summed E-state index contributed by atoms with van der Waals surface area (Å²) in [5.74, 6) is -0.952. The normalized spacial score (nSPS) is 11.8. The summed E-state index contributed by atoms with van der Waals surface area (Å²) in [5, 5.41) is 3.00. The first-order chi connectivity index (χ1) is 15.4. The van der Waals surface area contributed by atoms with Crippen LogP contribution in [0.25, 0.3) is 0 Å². The van der Waals surface area contributed by atoms with Gasteiger partial charge in [-0.25, -0.2) is 4.39 Å². The molecule has 0 spiro atoms. The summed E-state index contributed by atoms with van der Waals surface area (Å²) in [6, 6.07) is 24.7. The maximum absolute atomic E-state index is 13.4. The van der Waals surface area contributed by atoms with Crippen LogP contribution in [-0.4, -0.2) is 22.8 Å². The standard InChI is InChI=1S/C27H29FN2O2/c1-20(2)27(32)30(19-23-13-15-24(28)16-14-23)25(17-21-9-5-3-6-10-21)26(31)29-18-22-11-7-4-8-12-22/h3-16,20,25H,17-19H2,1-2H3,(H,29,31)/t25-/m0/s1. The molecule has 0 saturated carbocycles. The summed E-state index contributed by atoms with van der Waals surface area (Å²) in [4.78, 5) is 28.2. The van der Waals surface area contributed by atoms with Crippen LogP contribution in [0.3, 0.4) is 0 Å². The molecule has 0 aliphatic rings. The smallest absolute Gasteiger partial charge is 0.243 e. The Labute approximate surface area is 189 Å². The Hall–Kier alpha value is -3.47. The second kappa shape index (κ2) is 11.2. The maximum atomic E-state index is 13.4. The minimum atomic E-state index is -0.693. The molecule has 1 N–H and O–H groups in total. The highest BCUT2D eigenvalue weighted by Crippen LogP contribution is 2.18. The molecule has 4 nitrogen and oxygen atoms in total. The van der Waals surface area contributed by atoms with E-state index in [1.54, 1.807) is 17.0 Å². The number of carbonyl (C=O) groups is 2. The van der Waals surface area contributed by atoms with Crippen molar-refractivity contribution in [2.45, 2.75) is 39.4 Å². The zero-order valence-corrected chi connectivity index (χ0v) is 18.5. The van der Waals surface area contributed by atoms with Gasteiger partial charge in [-0.15, -0.1) is 0 Å². The molecule has 2 amide bonds. The third-order valence-electron chi connectivity index (χ3n) is 5.30. The Bertz CT molecular complexity index is 1000. The molecule has 166 valence electrons. The molecular formula is C27H29FN2O2. The molecule has 3 aromatic carbocycles. The van der Waals surface area contributed by atoms with Crippen LogP contribution in [-0.2, 0) is 29.1 Å². The summed E-state index contributed by atoms with van der Waals surface area (Å²) in [7, 11) is 0. The largest absolute Gasteiger partial charge is 0.350 e. The fourth-order valence-electron chi connectivity index (χ4n) is 3.54. The van der Waals surface area contributed by atoms with Gasteiger partial charge in [-0.1, -0.05) is 86.6 Å². The number of rotatable bonds is 9. The second-order valence-corrected chi connectivity index (χ2v) is 8.16. The van der Waals surface area contributed by atoms with Crippen molar-refractivity contribution in [3.8, 4) is 0 Å². The number of hydrogen-bond donors (Lipinski definition) is 1. The van der Waals surface area contributed by atoms with Crippen LogP contribution in [0.5, 0.6) is 0 Å².